The van der Waals surface area contributed by atoms with Crippen LogP contribution in [0.25, 0.3) is 33.1 Å². The Kier molecular flexibility index (Phi) is 4.10. The molecule has 3 N–H and O–H groups in total. The van der Waals surface area contributed by atoms with Crippen molar-refractivity contribution < 1.29 is 9.47 Å². The Balaban J connectivity index is 1.23. The second-order valence-electron chi connectivity index (χ2n) is 7.29. The number of H-pyrrole nitrogens is 1. The maximum Gasteiger partial charge on any atom is 0.231 e. The van der Waals surface area contributed by atoms with Crippen LogP contribution in [-0.4, -0.2) is 26.9 Å². The molecule has 0 bridgehead atoms. The maximum absolute atomic E-state index is 5.48. The lowest BCUT2D eigenvalue weighted by Gasteiger charge is -2.11. The molecule has 2 aromatic heterocycles. The molecule has 0 spiro atoms. The fraction of sp³-hybridized carbons (Fsp3) is 0.0870. The van der Waals surface area contributed by atoms with Crippen LogP contribution in [-0.2, 0) is 6.54 Å². The molecule has 0 aliphatic carbocycles. The number of nitrogens with zero attached hydrogens (tertiary/aromatic N) is 2. The number of hydrogen-bond acceptors (Lipinski definition) is 5. The van der Waals surface area contributed by atoms with Crippen LogP contribution in [0.4, 0.5) is 5.69 Å². The van der Waals surface area contributed by atoms with E-state index in [4.69, 9.17) is 31.7 Å². The zero-order chi connectivity index (χ0) is 20.8. The quantitative estimate of drug-likeness (QED) is 0.366. The molecule has 0 saturated carbocycles. The Morgan fingerprint density at radius 1 is 0.968 bits per heavy atom. The molecule has 5 aromatic rings. The normalized spacial score (nSPS) is 12.5. The van der Waals surface area contributed by atoms with E-state index in [9.17, 15) is 0 Å². The van der Waals surface area contributed by atoms with E-state index in [1.54, 1.807) is 0 Å². The topological polar surface area (TPSA) is 84.1 Å². The van der Waals surface area contributed by atoms with E-state index in [2.05, 4.69) is 15.6 Å². The van der Waals surface area contributed by atoms with E-state index >= 15 is 0 Å². The summed E-state index contributed by atoms with van der Waals surface area (Å²) in [6.07, 6.45) is 0. The summed E-state index contributed by atoms with van der Waals surface area (Å²) in [6.45, 7) is 0.845. The second-order valence-corrected chi connectivity index (χ2v) is 7.70. The van der Waals surface area contributed by atoms with Crippen molar-refractivity contribution in [1.82, 2.24) is 20.3 Å². The van der Waals surface area contributed by atoms with Gasteiger partial charge in [0.15, 0.2) is 22.3 Å². The number of benzene rings is 3. The van der Waals surface area contributed by atoms with E-state index in [-0.39, 0.29) is 6.79 Å². The number of rotatable bonds is 3. The molecule has 152 valence electrons. The molecule has 7 nitrogen and oxygen atoms in total. The van der Waals surface area contributed by atoms with Crippen molar-refractivity contribution in [1.29, 1.82) is 0 Å². The van der Waals surface area contributed by atoms with Gasteiger partial charge in [-0.05, 0) is 60.2 Å². The molecule has 1 aliphatic rings. The van der Waals surface area contributed by atoms with Gasteiger partial charge in [-0.15, -0.1) is 0 Å². The summed E-state index contributed by atoms with van der Waals surface area (Å²) in [5.41, 5.74) is 6.28. The van der Waals surface area contributed by atoms with Gasteiger partial charge >= 0.3 is 0 Å². The maximum atomic E-state index is 5.48. The number of nitrogens with one attached hydrogen (secondary N) is 3. The third-order valence-electron chi connectivity index (χ3n) is 5.25. The van der Waals surface area contributed by atoms with Crippen LogP contribution in [0.2, 0.25) is 0 Å². The average molecular weight is 427 g/mol. The van der Waals surface area contributed by atoms with Crippen molar-refractivity contribution in [2.75, 3.05) is 12.1 Å². The smallest absolute Gasteiger partial charge is 0.231 e. The number of fused-ring (bicyclic) bond motifs is 5. The molecular formula is C23H17N5O2S. The second kappa shape index (κ2) is 7.10. The Bertz CT molecular complexity index is 1480. The number of aromatic nitrogens is 3. The zero-order valence-corrected chi connectivity index (χ0v) is 17.1. The summed E-state index contributed by atoms with van der Waals surface area (Å²) < 4.78 is 10.8. The summed E-state index contributed by atoms with van der Waals surface area (Å²) in [7, 11) is 0. The summed E-state index contributed by atoms with van der Waals surface area (Å²) in [5, 5.41) is 8.01. The van der Waals surface area contributed by atoms with E-state index in [1.807, 2.05) is 60.7 Å². The molecule has 0 fully saturated rings. The summed E-state index contributed by atoms with van der Waals surface area (Å²) in [5.74, 6) is 1.53. The highest BCUT2D eigenvalue weighted by Gasteiger charge is 2.13. The van der Waals surface area contributed by atoms with Gasteiger partial charge in [-0.25, -0.2) is 9.97 Å². The molecule has 0 unspecified atom stereocenters. The van der Waals surface area contributed by atoms with E-state index in [1.165, 1.54) is 0 Å². The lowest BCUT2D eigenvalue weighted by atomic mass is 10.2. The minimum absolute atomic E-state index is 0.267. The van der Waals surface area contributed by atoms with Crippen molar-refractivity contribution in [3.63, 3.8) is 0 Å². The number of anilines is 1. The summed E-state index contributed by atoms with van der Waals surface area (Å²) in [6, 6.07) is 19.7. The molecule has 3 heterocycles. The predicted octanol–water partition coefficient (Wildman–Crippen LogP) is 4.48. The zero-order valence-electron chi connectivity index (χ0n) is 16.3. The monoisotopic (exact) mass is 427 g/mol. The van der Waals surface area contributed by atoms with Gasteiger partial charge in [0.1, 0.15) is 5.52 Å². The van der Waals surface area contributed by atoms with E-state index in [0.717, 1.165) is 55.9 Å². The summed E-state index contributed by atoms with van der Waals surface area (Å²) in [4.78, 5) is 12.8. The van der Waals surface area contributed by atoms with Crippen LogP contribution in [0, 0.1) is 0 Å². The number of para-hydroxylation sites is 2. The number of ether oxygens (including phenoxy) is 2. The van der Waals surface area contributed by atoms with Crippen LogP contribution < -0.4 is 20.1 Å². The van der Waals surface area contributed by atoms with Crippen molar-refractivity contribution >= 4 is 56.1 Å². The summed E-state index contributed by atoms with van der Waals surface area (Å²) >= 11 is 5.48. The number of thiocarbonyl (C=S) groups is 1. The third-order valence-corrected chi connectivity index (χ3v) is 5.49. The fourth-order valence-electron chi connectivity index (χ4n) is 3.74. The third kappa shape index (κ3) is 3.27. The molecule has 3 aromatic carbocycles. The van der Waals surface area contributed by atoms with Crippen LogP contribution >= 0.6 is 12.2 Å². The van der Waals surface area contributed by atoms with E-state index in [0.29, 0.717) is 11.7 Å². The standard InChI is InChI=1S/C23H17N5O2S/c31-23(24-11-13-5-8-19-20(9-13)30-12-29-19)25-14-6-7-16-15(10-14)21-22(27-16)28-18-4-2-1-3-17(18)26-21/h1-10H,11-12H2,(H,27,28)(H2,24,25,31). The highest BCUT2D eigenvalue weighted by molar-refractivity contribution is 7.80. The fourth-order valence-corrected chi connectivity index (χ4v) is 3.93. The highest BCUT2D eigenvalue weighted by atomic mass is 32.1. The van der Waals surface area contributed by atoms with Gasteiger partial charge in [-0.1, -0.05) is 18.2 Å². The molecule has 0 saturated heterocycles. The molecule has 8 heteroatoms. The molecule has 0 atom stereocenters. The molecular weight excluding hydrogens is 410 g/mol. The number of hydrogen-bond donors (Lipinski definition) is 3. The predicted molar refractivity (Wildman–Crippen MR) is 125 cm³/mol. The molecule has 31 heavy (non-hydrogen) atoms. The van der Waals surface area contributed by atoms with Gasteiger partial charge in [0.25, 0.3) is 0 Å². The van der Waals surface area contributed by atoms with Crippen molar-refractivity contribution in [2.24, 2.45) is 0 Å². The molecule has 6 rings (SSSR count). The minimum atomic E-state index is 0.267. The van der Waals surface area contributed by atoms with Gasteiger partial charge in [0.2, 0.25) is 6.79 Å². The molecule has 0 radical (unpaired) electrons. The largest absolute Gasteiger partial charge is 0.454 e. The molecule has 0 amide bonds. The van der Waals surface area contributed by atoms with Crippen LogP contribution in [0.3, 0.4) is 0 Å². The van der Waals surface area contributed by atoms with Crippen molar-refractivity contribution in [2.45, 2.75) is 6.54 Å². The Morgan fingerprint density at radius 2 is 1.81 bits per heavy atom. The average Bonchev–Trinajstić information content (AvgIpc) is 3.39. The highest BCUT2D eigenvalue weighted by Crippen LogP contribution is 2.32. The first kappa shape index (κ1) is 17.9. The van der Waals surface area contributed by atoms with Crippen molar-refractivity contribution in [3.05, 3.63) is 66.2 Å². The Hall–Kier alpha value is -3.91. The first-order valence-corrected chi connectivity index (χ1v) is 10.3. The number of aromatic amines is 1. The van der Waals surface area contributed by atoms with Gasteiger partial charge in [0, 0.05) is 23.1 Å². The first-order chi connectivity index (χ1) is 15.2. The first-order valence-electron chi connectivity index (χ1n) is 9.84. The van der Waals surface area contributed by atoms with Crippen LogP contribution in [0.15, 0.2) is 60.7 Å². The Morgan fingerprint density at radius 3 is 2.71 bits per heavy atom. The minimum Gasteiger partial charge on any atom is -0.454 e. The van der Waals surface area contributed by atoms with Crippen LogP contribution in [0.5, 0.6) is 11.5 Å². The van der Waals surface area contributed by atoms with Gasteiger partial charge < -0.3 is 25.1 Å². The van der Waals surface area contributed by atoms with Crippen molar-refractivity contribution in [3.8, 4) is 11.5 Å². The van der Waals surface area contributed by atoms with Gasteiger partial charge in [-0.3, -0.25) is 0 Å². The van der Waals surface area contributed by atoms with Crippen LogP contribution in [0.1, 0.15) is 5.56 Å². The lowest BCUT2D eigenvalue weighted by Crippen LogP contribution is -2.27. The lowest BCUT2D eigenvalue weighted by molar-refractivity contribution is 0.174. The SMILES string of the molecule is S=C(NCc1ccc2c(c1)OCO2)Nc1ccc2[nH]c3nc4ccccc4nc3c2c1. The van der Waals surface area contributed by atoms with Gasteiger partial charge in [-0.2, -0.15) is 0 Å². The molecule has 1 aliphatic heterocycles. The van der Waals surface area contributed by atoms with E-state index < -0.39 is 0 Å². The Labute approximate surface area is 182 Å². The van der Waals surface area contributed by atoms with Gasteiger partial charge in [0.05, 0.1) is 11.0 Å².